The fourth-order valence-electron chi connectivity index (χ4n) is 2.41. The lowest BCUT2D eigenvalue weighted by atomic mass is 10.2. The van der Waals surface area contributed by atoms with Gasteiger partial charge in [-0.15, -0.1) is 0 Å². The summed E-state index contributed by atoms with van der Waals surface area (Å²) in [5.41, 5.74) is 6.83. The molecule has 2 aliphatic rings. The predicted octanol–water partition coefficient (Wildman–Crippen LogP) is 0.884. The second kappa shape index (κ2) is 4.64. The Morgan fingerprint density at radius 3 is 2.61 bits per heavy atom. The lowest BCUT2D eigenvalue weighted by Crippen LogP contribution is -2.53. The van der Waals surface area contributed by atoms with E-state index in [-0.39, 0.29) is 5.91 Å². The van der Waals surface area contributed by atoms with Crippen LogP contribution in [0.2, 0.25) is 0 Å². The fourth-order valence-corrected chi connectivity index (χ4v) is 3.07. The van der Waals surface area contributed by atoms with Crippen molar-refractivity contribution in [3.8, 4) is 0 Å². The molecule has 18 heavy (non-hydrogen) atoms. The molecule has 1 saturated heterocycles. The second-order valence-electron chi connectivity index (χ2n) is 5.36. The Bertz CT molecular complexity index is 419. The smallest absolute Gasteiger partial charge is 0.242 e. The van der Waals surface area contributed by atoms with Crippen LogP contribution in [0.25, 0.3) is 0 Å². The van der Waals surface area contributed by atoms with Gasteiger partial charge in [0.1, 0.15) is 0 Å². The van der Waals surface area contributed by atoms with Crippen molar-refractivity contribution in [2.45, 2.75) is 24.9 Å². The molecule has 1 saturated carbocycles. The number of hydrogen-bond acceptors (Lipinski definition) is 4. The first-order valence-corrected chi connectivity index (χ1v) is 7.43. The Labute approximate surface area is 111 Å². The molecule has 0 spiro atoms. The lowest BCUT2D eigenvalue weighted by Gasteiger charge is -2.35. The summed E-state index contributed by atoms with van der Waals surface area (Å²) in [6.45, 7) is 4.55. The fraction of sp³-hybridized carbons (Fsp3) is 0.615. The third kappa shape index (κ3) is 2.43. The van der Waals surface area contributed by atoms with Crippen molar-refractivity contribution in [3.05, 3.63) is 22.4 Å². The summed E-state index contributed by atoms with van der Waals surface area (Å²) >= 11 is 1.74. The molecule has 0 bridgehead atoms. The minimum atomic E-state index is -0.504. The number of rotatable bonds is 3. The summed E-state index contributed by atoms with van der Waals surface area (Å²) in [5, 5.41) is 4.30. The van der Waals surface area contributed by atoms with Gasteiger partial charge >= 0.3 is 0 Å². The molecule has 1 amide bonds. The first kappa shape index (κ1) is 12.1. The molecule has 0 aromatic carbocycles. The summed E-state index contributed by atoms with van der Waals surface area (Å²) in [5.74, 6) is 0.165. The lowest BCUT2D eigenvalue weighted by molar-refractivity contribution is -0.135. The molecule has 0 atom stereocenters. The zero-order valence-corrected chi connectivity index (χ0v) is 11.3. The monoisotopic (exact) mass is 265 g/mol. The Balaban J connectivity index is 1.50. The van der Waals surface area contributed by atoms with E-state index in [1.54, 1.807) is 11.3 Å². The van der Waals surface area contributed by atoms with Crippen LogP contribution in [0.4, 0.5) is 0 Å². The normalized spacial score (nSPS) is 23.1. The summed E-state index contributed by atoms with van der Waals surface area (Å²) in [6.07, 6.45) is 1.72. The average molecular weight is 265 g/mol. The Morgan fingerprint density at radius 1 is 1.33 bits per heavy atom. The number of nitrogens with two attached hydrogens (primary N) is 1. The van der Waals surface area contributed by atoms with Gasteiger partial charge in [0.05, 0.1) is 5.54 Å². The van der Waals surface area contributed by atoms with E-state index in [2.05, 4.69) is 21.7 Å². The van der Waals surface area contributed by atoms with Crippen LogP contribution in [-0.4, -0.2) is 47.4 Å². The van der Waals surface area contributed by atoms with Crippen LogP contribution in [0.5, 0.6) is 0 Å². The minimum absolute atomic E-state index is 0.165. The van der Waals surface area contributed by atoms with Crippen LogP contribution in [-0.2, 0) is 11.3 Å². The van der Waals surface area contributed by atoms with E-state index in [9.17, 15) is 4.79 Å². The van der Waals surface area contributed by atoms with Crippen LogP contribution < -0.4 is 5.73 Å². The first-order chi connectivity index (χ1) is 8.67. The SMILES string of the molecule is NC1(C(=O)N2CCN(Cc3ccsc3)CC2)CC1. The van der Waals surface area contributed by atoms with Crippen molar-refractivity contribution >= 4 is 17.2 Å². The highest BCUT2D eigenvalue weighted by atomic mass is 32.1. The van der Waals surface area contributed by atoms with Crippen molar-refractivity contribution in [2.24, 2.45) is 5.73 Å². The van der Waals surface area contributed by atoms with E-state index in [1.807, 2.05) is 4.90 Å². The molecule has 2 fully saturated rings. The van der Waals surface area contributed by atoms with Gasteiger partial charge in [-0.2, -0.15) is 11.3 Å². The highest BCUT2D eigenvalue weighted by Crippen LogP contribution is 2.34. The predicted molar refractivity (Wildman–Crippen MR) is 72.3 cm³/mol. The molecule has 1 aromatic heterocycles. The Kier molecular flexibility index (Phi) is 3.13. The molecule has 1 aromatic rings. The zero-order chi connectivity index (χ0) is 12.6. The largest absolute Gasteiger partial charge is 0.339 e. The maximum atomic E-state index is 12.1. The summed E-state index contributed by atoms with van der Waals surface area (Å²) in [7, 11) is 0. The van der Waals surface area contributed by atoms with Crippen LogP contribution in [0, 0.1) is 0 Å². The molecule has 2 heterocycles. The highest BCUT2D eigenvalue weighted by Gasteiger charge is 2.48. The van der Waals surface area contributed by atoms with Gasteiger partial charge in [0.25, 0.3) is 0 Å². The number of carbonyl (C=O) groups is 1. The maximum absolute atomic E-state index is 12.1. The van der Waals surface area contributed by atoms with E-state index in [4.69, 9.17) is 5.73 Å². The van der Waals surface area contributed by atoms with Gasteiger partial charge in [0.2, 0.25) is 5.91 Å². The minimum Gasteiger partial charge on any atom is -0.339 e. The molecule has 5 heteroatoms. The van der Waals surface area contributed by atoms with Gasteiger partial charge in [0, 0.05) is 32.7 Å². The quantitative estimate of drug-likeness (QED) is 0.883. The van der Waals surface area contributed by atoms with Crippen molar-refractivity contribution in [1.82, 2.24) is 9.80 Å². The van der Waals surface area contributed by atoms with Crippen molar-refractivity contribution in [1.29, 1.82) is 0 Å². The van der Waals surface area contributed by atoms with E-state index in [0.29, 0.717) is 0 Å². The van der Waals surface area contributed by atoms with E-state index >= 15 is 0 Å². The molecule has 4 nitrogen and oxygen atoms in total. The molecule has 0 unspecified atom stereocenters. The molecule has 1 aliphatic carbocycles. The third-order valence-corrected chi connectivity index (χ3v) is 4.59. The summed E-state index contributed by atoms with van der Waals surface area (Å²) < 4.78 is 0. The summed E-state index contributed by atoms with van der Waals surface area (Å²) in [6, 6.07) is 2.17. The van der Waals surface area contributed by atoms with Crippen molar-refractivity contribution < 1.29 is 4.79 Å². The molecule has 0 radical (unpaired) electrons. The van der Waals surface area contributed by atoms with Crippen molar-refractivity contribution in [3.63, 3.8) is 0 Å². The average Bonchev–Trinajstić information content (AvgIpc) is 2.93. The second-order valence-corrected chi connectivity index (χ2v) is 6.14. The van der Waals surface area contributed by atoms with E-state index in [0.717, 1.165) is 45.6 Å². The van der Waals surface area contributed by atoms with Gasteiger partial charge in [-0.1, -0.05) is 0 Å². The molecule has 1 aliphatic heterocycles. The standard InChI is InChI=1S/C13H19N3OS/c14-13(2-3-13)12(17)16-6-4-15(5-7-16)9-11-1-8-18-10-11/h1,8,10H,2-7,9,14H2. The first-order valence-electron chi connectivity index (χ1n) is 6.49. The Morgan fingerprint density at radius 2 is 2.06 bits per heavy atom. The number of amides is 1. The molecular formula is C13H19N3OS. The third-order valence-electron chi connectivity index (χ3n) is 3.86. The van der Waals surface area contributed by atoms with Crippen LogP contribution in [0.1, 0.15) is 18.4 Å². The van der Waals surface area contributed by atoms with Gasteiger partial charge in [-0.05, 0) is 35.2 Å². The van der Waals surface area contributed by atoms with E-state index < -0.39 is 5.54 Å². The van der Waals surface area contributed by atoms with Gasteiger partial charge in [-0.25, -0.2) is 0 Å². The number of thiophene rings is 1. The van der Waals surface area contributed by atoms with Crippen LogP contribution in [0.3, 0.4) is 0 Å². The Hall–Kier alpha value is -0.910. The van der Waals surface area contributed by atoms with Gasteiger partial charge < -0.3 is 10.6 Å². The van der Waals surface area contributed by atoms with Crippen LogP contribution >= 0.6 is 11.3 Å². The number of piperazine rings is 1. The van der Waals surface area contributed by atoms with Gasteiger partial charge in [0.15, 0.2) is 0 Å². The number of carbonyl (C=O) groups excluding carboxylic acids is 1. The molecular weight excluding hydrogens is 246 g/mol. The number of nitrogens with zero attached hydrogens (tertiary/aromatic N) is 2. The van der Waals surface area contributed by atoms with E-state index in [1.165, 1.54) is 5.56 Å². The van der Waals surface area contributed by atoms with Gasteiger partial charge in [-0.3, -0.25) is 9.69 Å². The number of hydrogen-bond donors (Lipinski definition) is 1. The topological polar surface area (TPSA) is 49.6 Å². The molecule has 2 N–H and O–H groups in total. The summed E-state index contributed by atoms with van der Waals surface area (Å²) in [4.78, 5) is 16.4. The van der Waals surface area contributed by atoms with Crippen LogP contribution in [0.15, 0.2) is 16.8 Å². The molecule has 3 rings (SSSR count). The highest BCUT2D eigenvalue weighted by molar-refractivity contribution is 7.07. The molecule has 98 valence electrons. The van der Waals surface area contributed by atoms with Crippen molar-refractivity contribution in [2.75, 3.05) is 26.2 Å². The zero-order valence-electron chi connectivity index (χ0n) is 10.5. The maximum Gasteiger partial charge on any atom is 0.242 e.